The van der Waals surface area contributed by atoms with Gasteiger partial charge in [0.2, 0.25) is 0 Å². The van der Waals surface area contributed by atoms with Crippen LogP contribution in [-0.2, 0) is 6.42 Å². The van der Waals surface area contributed by atoms with Crippen molar-refractivity contribution in [3.63, 3.8) is 0 Å². The minimum Gasteiger partial charge on any atom is -0.252 e. The number of pyridine rings is 2. The second-order valence-corrected chi connectivity index (χ2v) is 6.39. The Morgan fingerprint density at radius 1 is 0.577 bits per heavy atom. The van der Waals surface area contributed by atoms with E-state index < -0.39 is 0 Å². The summed E-state index contributed by atoms with van der Waals surface area (Å²) in [4.78, 5) is 9.68. The second-order valence-electron chi connectivity index (χ2n) is 6.39. The number of rotatable bonds is 4. The van der Waals surface area contributed by atoms with Crippen LogP contribution < -0.4 is 0 Å². The summed E-state index contributed by atoms with van der Waals surface area (Å²) in [6, 6.07) is 31.0. The number of hydrogen-bond donors (Lipinski definition) is 0. The lowest BCUT2D eigenvalue weighted by Crippen LogP contribution is -1.98. The molecule has 2 heteroatoms. The molecular weight excluding hydrogens is 316 g/mol. The molecule has 126 valence electrons. The zero-order valence-corrected chi connectivity index (χ0v) is 14.8. The van der Waals surface area contributed by atoms with E-state index in [4.69, 9.17) is 9.97 Å². The van der Waals surface area contributed by atoms with Crippen molar-refractivity contribution < 1.29 is 0 Å². The Labute approximate surface area is 154 Å². The maximum absolute atomic E-state index is 4.86. The van der Waals surface area contributed by atoms with Crippen LogP contribution >= 0.6 is 0 Å². The molecule has 0 atom stereocenters. The fourth-order valence-corrected chi connectivity index (χ4v) is 3.12. The highest BCUT2D eigenvalue weighted by Crippen LogP contribution is 2.22. The fraction of sp³-hybridized carbons (Fsp3) is 0.0833. The highest BCUT2D eigenvalue weighted by Gasteiger charge is 2.06. The molecule has 2 nitrogen and oxygen atoms in total. The highest BCUT2D eigenvalue weighted by molar-refractivity contribution is 5.63. The van der Waals surface area contributed by atoms with Gasteiger partial charge in [0.25, 0.3) is 0 Å². The lowest BCUT2D eigenvalue weighted by molar-refractivity contribution is 1.02. The fourth-order valence-electron chi connectivity index (χ4n) is 3.12. The zero-order chi connectivity index (χ0) is 17.8. The molecule has 0 amide bonds. The molecule has 0 unspecified atom stereocenters. The van der Waals surface area contributed by atoms with Gasteiger partial charge in [0.15, 0.2) is 0 Å². The summed E-state index contributed by atoms with van der Waals surface area (Å²) in [5.41, 5.74) is 7.62. The molecule has 0 fully saturated rings. The quantitative estimate of drug-likeness (QED) is 0.477. The summed E-state index contributed by atoms with van der Waals surface area (Å²) in [5, 5.41) is 0. The van der Waals surface area contributed by atoms with Crippen molar-refractivity contribution in [2.45, 2.75) is 13.3 Å². The van der Waals surface area contributed by atoms with Crippen LogP contribution in [0.15, 0.2) is 91.0 Å². The van der Waals surface area contributed by atoms with Crippen LogP contribution in [0.5, 0.6) is 0 Å². The van der Waals surface area contributed by atoms with E-state index >= 15 is 0 Å². The van der Waals surface area contributed by atoms with E-state index in [9.17, 15) is 0 Å². The van der Waals surface area contributed by atoms with Crippen LogP contribution in [0, 0.1) is 6.92 Å². The number of benzene rings is 2. The normalized spacial score (nSPS) is 10.7. The van der Waals surface area contributed by atoms with Crippen molar-refractivity contribution in [1.82, 2.24) is 9.97 Å². The SMILES string of the molecule is Cc1ccccc1-c1cccc(Cc2cccc(-c3ccccc3)n2)n1. The average Bonchev–Trinajstić information content (AvgIpc) is 2.69. The number of hydrogen-bond acceptors (Lipinski definition) is 2. The molecule has 0 radical (unpaired) electrons. The lowest BCUT2D eigenvalue weighted by Gasteiger charge is -2.08. The predicted molar refractivity (Wildman–Crippen MR) is 107 cm³/mol. The number of aromatic nitrogens is 2. The molecule has 0 saturated heterocycles. The van der Waals surface area contributed by atoms with E-state index in [0.29, 0.717) is 0 Å². The van der Waals surface area contributed by atoms with Crippen molar-refractivity contribution in [2.75, 3.05) is 0 Å². The summed E-state index contributed by atoms with van der Waals surface area (Å²) < 4.78 is 0. The Balaban J connectivity index is 1.63. The second kappa shape index (κ2) is 7.32. The number of aryl methyl sites for hydroxylation is 1. The Hall–Kier alpha value is -3.26. The Bertz CT molecular complexity index is 1020. The van der Waals surface area contributed by atoms with Crippen LogP contribution in [0.25, 0.3) is 22.5 Å². The first-order valence-corrected chi connectivity index (χ1v) is 8.83. The largest absolute Gasteiger partial charge is 0.252 e. The molecule has 0 aliphatic rings. The van der Waals surface area contributed by atoms with Crippen LogP contribution in [0.1, 0.15) is 17.0 Å². The molecule has 0 saturated carbocycles. The monoisotopic (exact) mass is 336 g/mol. The van der Waals surface area contributed by atoms with Gasteiger partial charge >= 0.3 is 0 Å². The molecule has 0 N–H and O–H groups in total. The molecule has 26 heavy (non-hydrogen) atoms. The molecular formula is C24H20N2. The first-order chi connectivity index (χ1) is 12.8. The van der Waals surface area contributed by atoms with Crippen LogP contribution in [0.2, 0.25) is 0 Å². The lowest BCUT2D eigenvalue weighted by atomic mass is 10.0. The summed E-state index contributed by atoms with van der Waals surface area (Å²) >= 11 is 0. The van der Waals surface area contributed by atoms with Gasteiger partial charge in [-0.25, -0.2) is 0 Å². The minimum atomic E-state index is 0.723. The molecule has 0 aliphatic heterocycles. The number of nitrogens with zero attached hydrogens (tertiary/aromatic N) is 2. The summed E-state index contributed by atoms with van der Waals surface area (Å²) in [6.45, 7) is 2.12. The van der Waals surface area contributed by atoms with Gasteiger partial charge in [0, 0.05) is 28.9 Å². The Kier molecular flexibility index (Phi) is 4.57. The maximum atomic E-state index is 4.86. The first kappa shape index (κ1) is 16.2. The third-order valence-electron chi connectivity index (χ3n) is 4.47. The van der Waals surface area contributed by atoms with Crippen LogP contribution in [-0.4, -0.2) is 9.97 Å². The average molecular weight is 336 g/mol. The maximum Gasteiger partial charge on any atom is 0.0708 e. The third kappa shape index (κ3) is 3.55. The molecule has 0 spiro atoms. The minimum absolute atomic E-state index is 0.723. The van der Waals surface area contributed by atoms with Gasteiger partial charge in [-0.05, 0) is 36.8 Å². The van der Waals surface area contributed by atoms with Gasteiger partial charge < -0.3 is 0 Å². The third-order valence-corrected chi connectivity index (χ3v) is 4.47. The van der Waals surface area contributed by atoms with Crippen molar-refractivity contribution in [2.24, 2.45) is 0 Å². The highest BCUT2D eigenvalue weighted by atomic mass is 14.7. The van der Waals surface area contributed by atoms with E-state index in [1.807, 2.05) is 18.2 Å². The topological polar surface area (TPSA) is 25.8 Å². The van der Waals surface area contributed by atoms with Crippen LogP contribution in [0.3, 0.4) is 0 Å². The van der Waals surface area contributed by atoms with Crippen molar-refractivity contribution in [1.29, 1.82) is 0 Å². The van der Waals surface area contributed by atoms with E-state index in [1.54, 1.807) is 0 Å². The molecule has 0 bridgehead atoms. The molecule has 2 aromatic heterocycles. The predicted octanol–water partition coefficient (Wildman–Crippen LogP) is 5.71. The van der Waals surface area contributed by atoms with Gasteiger partial charge in [-0.2, -0.15) is 0 Å². The Morgan fingerprint density at radius 3 is 1.92 bits per heavy atom. The van der Waals surface area contributed by atoms with E-state index in [-0.39, 0.29) is 0 Å². The van der Waals surface area contributed by atoms with E-state index in [1.165, 1.54) is 11.1 Å². The van der Waals surface area contributed by atoms with Crippen molar-refractivity contribution in [3.8, 4) is 22.5 Å². The molecule has 2 aromatic carbocycles. The molecule has 4 rings (SSSR count). The summed E-state index contributed by atoms with van der Waals surface area (Å²) in [5.74, 6) is 0. The smallest absolute Gasteiger partial charge is 0.0708 e. The zero-order valence-electron chi connectivity index (χ0n) is 14.8. The Morgan fingerprint density at radius 2 is 1.19 bits per heavy atom. The van der Waals surface area contributed by atoms with Crippen LogP contribution in [0.4, 0.5) is 0 Å². The molecule has 4 aromatic rings. The van der Waals surface area contributed by atoms with Gasteiger partial charge in [0.05, 0.1) is 11.4 Å². The van der Waals surface area contributed by atoms with E-state index in [0.717, 1.165) is 34.8 Å². The van der Waals surface area contributed by atoms with Gasteiger partial charge in [-0.1, -0.05) is 66.7 Å². The molecule has 0 aliphatic carbocycles. The van der Waals surface area contributed by atoms with Gasteiger partial charge in [-0.15, -0.1) is 0 Å². The van der Waals surface area contributed by atoms with E-state index in [2.05, 4.69) is 79.7 Å². The molecule has 2 heterocycles. The summed E-state index contributed by atoms with van der Waals surface area (Å²) in [6.07, 6.45) is 0.723. The van der Waals surface area contributed by atoms with Gasteiger partial charge in [0.1, 0.15) is 0 Å². The van der Waals surface area contributed by atoms with Gasteiger partial charge in [-0.3, -0.25) is 9.97 Å². The van der Waals surface area contributed by atoms with Crippen molar-refractivity contribution in [3.05, 3.63) is 108 Å². The van der Waals surface area contributed by atoms with Crippen molar-refractivity contribution >= 4 is 0 Å². The first-order valence-electron chi connectivity index (χ1n) is 8.83. The standard InChI is InChI=1S/C24H20N2/c1-18-9-5-6-14-22(18)24-16-8-13-21(26-24)17-20-12-7-15-23(25-20)19-10-3-2-4-11-19/h2-16H,17H2,1H3. The summed E-state index contributed by atoms with van der Waals surface area (Å²) in [7, 11) is 0.